The molecule has 7 heteroatoms. The molecule has 0 aliphatic heterocycles. The van der Waals surface area contributed by atoms with Crippen molar-refractivity contribution in [3.05, 3.63) is 65.9 Å². The molecule has 0 spiro atoms. The number of para-hydroxylation sites is 1. The molecule has 3 aromatic rings. The number of nitrogens with zero attached hydrogens (tertiary/aromatic N) is 1. The lowest BCUT2D eigenvalue weighted by atomic mass is 10.2. The predicted octanol–water partition coefficient (Wildman–Crippen LogP) is 4.46. The van der Waals surface area contributed by atoms with E-state index < -0.39 is 0 Å². The summed E-state index contributed by atoms with van der Waals surface area (Å²) in [6, 6.07) is 18.4. The summed E-state index contributed by atoms with van der Waals surface area (Å²) in [5.74, 6) is 1.64. The van der Waals surface area contributed by atoms with Gasteiger partial charge in [-0.3, -0.25) is 0 Å². The summed E-state index contributed by atoms with van der Waals surface area (Å²) in [5, 5.41) is 8.03. The zero-order valence-electron chi connectivity index (χ0n) is 17.6. The molecule has 2 aromatic carbocycles. The Morgan fingerprint density at radius 2 is 1.87 bits per heavy atom. The second kappa shape index (κ2) is 13.1. The first-order valence-electron chi connectivity index (χ1n) is 10.1. The lowest BCUT2D eigenvalue weighted by Gasteiger charge is -2.12. The topological polar surface area (TPSA) is 70.7 Å². The minimum atomic E-state index is 0. The van der Waals surface area contributed by atoms with Gasteiger partial charge in [-0.05, 0) is 48.6 Å². The van der Waals surface area contributed by atoms with Crippen LogP contribution in [0.25, 0.3) is 10.9 Å². The summed E-state index contributed by atoms with van der Waals surface area (Å²) in [6.45, 7) is 5.58. The van der Waals surface area contributed by atoms with Crippen LogP contribution in [-0.4, -0.2) is 37.8 Å². The van der Waals surface area contributed by atoms with Crippen LogP contribution >= 0.6 is 24.0 Å². The smallest absolute Gasteiger partial charge is 0.191 e. The zero-order valence-corrected chi connectivity index (χ0v) is 19.9. The van der Waals surface area contributed by atoms with Gasteiger partial charge in [0.15, 0.2) is 5.96 Å². The van der Waals surface area contributed by atoms with Gasteiger partial charge in [-0.25, -0.2) is 4.99 Å². The van der Waals surface area contributed by atoms with Crippen LogP contribution in [-0.2, 0) is 17.8 Å². The van der Waals surface area contributed by atoms with Crippen molar-refractivity contribution in [2.24, 2.45) is 4.99 Å². The van der Waals surface area contributed by atoms with Crippen molar-refractivity contribution in [1.29, 1.82) is 0 Å². The number of halogens is 1. The molecule has 162 valence electrons. The fourth-order valence-electron chi connectivity index (χ4n) is 3.01. The number of aliphatic imine (C=N–C) groups is 1. The maximum Gasteiger partial charge on any atom is 0.191 e. The SMILES string of the molecule is CCOCCCNC(=NCc1ccc(OC)cc1)NCc1cc2ccccc2[nH]1.I. The van der Waals surface area contributed by atoms with Crippen LogP contribution in [0.2, 0.25) is 0 Å². The first-order chi connectivity index (χ1) is 14.3. The van der Waals surface area contributed by atoms with E-state index in [2.05, 4.69) is 39.9 Å². The van der Waals surface area contributed by atoms with Gasteiger partial charge in [-0.1, -0.05) is 30.3 Å². The Labute approximate surface area is 195 Å². The monoisotopic (exact) mass is 522 g/mol. The van der Waals surface area contributed by atoms with E-state index in [9.17, 15) is 0 Å². The van der Waals surface area contributed by atoms with Crippen molar-refractivity contribution in [2.45, 2.75) is 26.4 Å². The van der Waals surface area contributed by atoms with Crippen LogP contribution in [0.3, 0.4) is 0 Å². The van der Waals surface area contributed by atoms with Gasteiger partial charge in [0.25, 0.3) is 0 Å². The third-order valence-corrected chi connectivity index (χ3v) is 4.57. The van der Waals surface area contributed by atoms with Gasteiger partial charge < -0.3 is 25.1 Å². The lowest BCUT2D eigenvalue weighted by molar-refractivity contribution is 0.145. The molecule has 0 fully saturated rings. The normalized spacial score (nSPS) is 11.2. The van der Waals surface area contributed by atoms with Crippen LogP contribution in [0.4, 0.5) is 0 Å². The number of methoxy groups -OCH3 is 1. The average molecular weight is 522 g/mol. The molecule has 6 nitrogen and oxygen atoms in total. The zero-order chi connectivity index (χ0) is 20.3. The number of hydrogen-bond donors (Lipinski definition) is 3. The maximum atomic E-state index is 5.41. The number of benzene rings is 2. The molecule has 0 aliphatic rings. The lowest BCUT2D eigenvalue weighted by Crippen LogP contribution is -2.37. The Balaban J connectivity index is 0.00000320. The van der Waals surface area contributed by atoms with Gasteiger partial charge >= 0.3 is 0 Å². The van der Waals surface area contributed by atoms with Crippen LogP contribution in [0.5, 0.6) is 5.75 Å². The summed E-state index contributed by atoms with van der Waals surface area (Å²) in [7, 11) is 1.67. The number of aromatic nitrogens is 1. The van der Waals surface area contributed by atoms with Gasteiger partial charge in [0.05, 0.1) is 20.2 Å². The van der Waals surface area contributed by atoms with Crippen LogP contribution < -0.4 is 15.4 Å². The Morgan fingerprint density at radius 3 is 2.60 bits per heavy atom. The third kappa shape index (κ3) is 7.53. The summed E-state index contributed by atoms with van der Waals surface area (Å²) in [6.07, 6.45) is 0.934. The first kappa shape index (κ1) is 24.0. The molecule has 0 saturated carbocycles. The maximum absolute atomic E-state index is 5.41. The van der Waals surface area contributed by atoms with Gasteiger partial charge in [0.1, 0.15) is 5.75 Å². The van der Waals surface area contributed by atoms with E-state index in [1.54, 1.807) is 7.11 Å². The molecule has 0 aliphatic carbocycles. The van der Waals surface area contributed by atoms with Crippen molar-refractivity contribution in [2.75, 3.05) is 26.9 Å². The molecule has 0 amide bonds. The molecule has 0 saturated heterocycles. The molecule has 30 heavy (non-hydrogen) atoms. The molecule has 0 atom stereocenters. The molecule has 0 bridgehead atoms. The van der Waals surface area contributed by atoms with Crippen LogP contribution in [0.15, 0.2) is 59.6 Å². The second-order valence-electron chi connectivity index (χ2n) is 6.73. The number of hydrogen-bond acceptors (Lipinski definition) is 3. The van der Waals surface area contributed by atoms with Gasteiger partial charge in [0.2, 0.25) is 0 Å². The van der Waals surface area contributed by atoms with Crippen molar-refractivity contribution >= 4 is 40.8 Å². The minimum absolute atomic E-state index is 0. The van der Waals surface area contributed by atoms with E-state index in [0.29, 0.717) is 13.1 Å². The van der Waals surface area contributed by atoms with Gasteiger partial charge in [-0.2, -0.15) is 0 Å². The summed E-state index contributed by atoms with van der Waals surface area (Å²) in [4.78, 5) is 8.18. The first-order valence-corrected chi connectivity index (χ1v) is 10.1. The number of rotatable bonds is 10. The fraction of sp³-hybridized carbons (Fsp3) is 0.348. The van der Waals surface area contributed by atoms with Gasteiger partial charge in [0, 0.05) is 31.0 Å². The highest BCUT2D eigenvalue weighted by atomic mass is 127. The van der Waals surface area contributed by atoms with E-state index in [-0.39, 0.29) is 24.0 Å². The average Bonchev–Trinajstić information content (AvgIpc) is 3.18. The quantitative estimate of drug-likeness (QED) is 0.159. The molecular weight excluding hydrogens is 491 g/mol. The van der Waals surface area contributed by atoms with Crippen molar-refractivity contribution in [1.82, 2.24) is 15.6 Å². The Morgan fingerprint density at radius 1 is 1.07 bits per heavy atom. The van der Waals surface area contributed by atoms with E-state index in [1.807, 2.05) is 37.3 Å². The highest BCUT2D eigenvalue weighted by Gasteiger charge is 2.03. The molecule has 0 radical (unpaired) electrons. The number of guanidine groups is 1. The van der Waals surface area contributed by atoms with E-state index >= 15 is 0 Å². The number of nitrogens with one attached hydrogen (secondary N) is 3. The number of ether oxygens (including phenoxy) is 2. The Bertz CT molecular complexity index is 876. The Kier molecular flexibility index (Phi) is 10.5. The van der Waals surface area contributed by atoms with Gasteiger partial charge in [-0.15, -0.1) is 24.0 Å². The highest BCUT2D eigenvalue weighted by Crippen LogP contribution is 2.14. The number of H-pyrrole nitrogens is 1. The van der Waals surface area contributed by atoms with E-state index in [0.717, 1.165) is 54.7 Å². The standard InChI is InChI=1S/C23H30N4O2.HI/c1-3-29-14-6-13-24-23(25-16-18-9-11-21(28-2)12-10-18)26-17-20-15-19-7-4-5-8-22(19)27-20;/h4-5,7-12,15,27H,3,6,13-14,16-17H2,1-2H3,(H2,24,25,26);1H. The van der Waals surface area contributed by atoms with Crippen molar-refractivity contribution in [3.8, 4) is 5.75 Å². The summed E-state index contributed by atoms with van der Waals surface area (Å²) < 4.78 is 10.6. The molecule has 1 heterocycles. The molecular formula is C23H31IN4O2. The molecule has 1 aromatic heterocycles. The third-order valence-electron chi connectivity index (χ3n) is 4.57. The van der Waals surface area contributed by atoms with Crippen molar-refractivity contribution in [3.63, 3.8) is 0 Å². The van der Waals surface area contributed by atoms with Crippen molar-refractivity contribution < 1.29 is 9.47 Å². The summed E-state index contributed by atoms with van der Waals surface area (Å²) >= 11 is 0. The molecule has 3 N–H and O–H groups in total. The predicted molar refractivity (Wildman–Crippen MR) is 134 cm³/mol. The second-order valence-corrected chi connectivity index (χ2v) is 6.73. The Hall–Kier alpha value is -2.26. The number of fused-ring (bicyclic) bond motifs is 1. The fourth-order valence-corrected chi connectivity index (χ4v) is 3.01. The largest absolute Gasteiger partial charge is 0.497 e. The van der Waals surface area contributed by atoms with E-state index in [1.165, 1.54) is 5.39 Å². The number of aromatic amines is 1. The van der Waals surface area contributed by atoms with E-state index in [4.69, 9.17) is 14.5 Å². The molecule has 3 rings (SSSR count). The van der Waals surface area contributed by atoms with Crippen LogP contribution in [0, 0.1) is 0 Å². The highest BCUT2D eigenvalue weighted by molar-refractivity contribution is 14.0. The molecule has 0 unspecified atom stereocenters. The minimum Gasteiger partial charge on any atom is -0.497 e. The van der Waals surface area contributed by atoms with Crippen LogP contribution in [0.1, 0.15) is 24.6 Å². The summed E-state index contributed by atoms with van der Waals surface area (Å²) in [5.41, 5.74) is 3.40.